The van der Waals surface area contributed by atoms with Gasteiger partial charge in [0.15, 0.2) is 17.5 Å². The number of nitrogens with zero attached hydrogens (tertiary/aromatic N) is 4. The van der Waals surface area contributed by atoms with Gasteiger partial charge in [0, 0.05) is 43.6 Å². The number of benzene rings is 9. The SMILES string of the molecule is c1ccc(-c2ccc3c(-n4c5ccccc5c5cc6ccccc6cc54)ccc(-c4nc(-c5ccccc5)nc(-c5ccc6c(c5)oc5ccccc56)n4)c3c2)cc1. The zero-order chi connectivity index (χ0) is 38.2. The van der Waals surface area contributed by atoms with E-state index in [-0.39, 0.29) is 0 Å². The van der Waals surface area contributed by atoms with Crippen LogP contribution in [-0.4, -0.2) is 19.5 Å². The third-order valence-corrected chi connectivity index (χ3v) is 11.4. The molecule has 5 nitrogen and oxygen atoms in total. The minimum absolute atomic E-state index is 0.580. The first-order valence-corrected chi connectivity index (χ1v) is 19.5. The van der Waals surface area contributed by atoms with Gasteiger partial charge in [-0.2, -0.15) is 0 Å². The standard InChI is InChI=1S/C53H32N4O/c1-3-13-33(14-4-1)37-23-25-40-44(29-37)43(27-28-47(40)57-46-21-11-9-19-39(46)45-30-35-17-7-8-18-36(35)31-48(45)57)53-55-51(34-15-5-2-6-16-34)54-52(56-53)38-24-26-42-41-20-10-12-22-49(41)58-50(42)32-38/h1-32H. The number of furan rings is 1. The van der Waals surface area contributed by atoms with Crippen molar-refractivity contribution in [2.24, 2.45) is 0 Å². The van der Waals surface area contributed by atoms with E-state index in [0.29, 0.717) is 17.5 Å². The van der Waals surface area contributed by atoms with Crippen molar-refractivity contribution in [3.05, 3.63) is 194 Å². The highest BCUT2D eigenvalue weighted by atomic mass is 16.3. The monoisotopic (exact) mass is 740 g/mol. The molecule has 270 valence electrons. The van der Waals surface area contributed by atoms with Crippen LogP contribution < -0.4 is 0 Å². The molecule has 0 amide bonds. The number of fused-ring (bicyclic) bond motifs is 8. The maximum atomic E-state index is 6.32. The molecule has 0 bridgehead atoms. The highest BCUT2D eigenvalue weighted by Gasteiger charge is 2.20. The van der Waals surface area contributed by atoms with E-state index in [0.717, 1.165) is 77.2 Å². The Morgan fingerprint density at radius 1 is 0.328 bits per heavy atom. The van der Waals surface area contributed by atoms with Crippen molar-refractivity contribution < 1.29 is 4.42 Å². The van der Waals surface area contributed by atoms with Crippen LogP contribution in [0, 0.1) is 0 Å². The van der Waals surface area contributed by atoms with Crippen molar-refractivity contribution in [2.75, 3.05) is 0 Å². The molecule has 12 rings (SSSR count). The largest absolute Gasteiger partial charge is 0.456 e. The quantitative estimate of drug-likeness (QED) is 0.176. The minimum atomic E-state index is 0.580. The van der Waals surface area contributed by atoms with Crippen LogP contribution in [0.1, 0.15) is 0 Å². The summed E-state index contributed by atoms with van der Waals surface area (Å²) in [4.78, 5) is 15.6. The van der Waals surface area contributed by atoms with E-state index >= 15 is 0 Å². The van der Waals surface area contributed by atoms with Gasteiger partial charge in [0.1, 0.15) is 11.2 Å². The third-order valence-electron chi connectivity index (χ3n) is 11.4. The fraction of sp³-hybridized carbons (Fsp3) is 0. The summed E-state index contributed by atoms with van der Waals surface area (Å²) in [6, 6.07) is 68.2. The van der Waals surface area contributed by atoms with Gasteiger partial charge in [-0.25, -0.2) is 15.0 Å². The average molecular weight is 741 g/mol. The van der Waals surface area contributed by atoms with Crippen molar-refractivity contribution in [2.45, 2.75) is 0 Å². The summed E-state index contributed by atoms with van der Waals surface area (Å²) < 4.78 is 8.74. The van der Waals surface area contributed by atoms with E-state index in [1.165, 1.54) is 21.5 Å². The molecule has 0 radical (unpaired) electrons. The lowest BCUT2D eigenvalue weighted by Crippen LogP contribution is -2.02. The number of hydrogen-bond acceptors (Lipinski definition) is 4. The Hall–Kier alpha value is -7.89. The number of para-hydroxylation sites is 2. The van der Waals surface area contributed by atoms with Gasteiger partial charge in [-0.1, -0.05) is 140 Å². The Balaban J connectivity index is 1.13. The van der Waals surface area contributed by atoms with Gasteiger partial charge >= 0.3 is 0 Å². The van der Waals surface area contributed by atoms with E-state index in [9.17, 15) is 0 Å². The number of rotatable bonds is 5. The van der Waals surface area contributed by atoms with Crippen LogP contribution in [0.3, 0.4) is 0 Å². The van der Waals surface area contributed by atoms with Crippen LogP contribution in [0.4, 0.5) is 0 Å². The predicted molar refractivity (Wildman–Crippen MR) is 238 cm³/mol. The summed E-state index contributed by atoms with van der Waals surface area (Å²) in [5.41, 5.74) is 10.0. The lowest BCUT2D eigenvalue weighted by atomic mass is 9.96. The molecular weight excluding hydrogens is 709 g/mol. The van der Waals surface area contributed by atoms with Crippen LogP contribution in [-0.2, 0) is 0 Å². The van der Waals surface area contributed by atoms with Crippen molar-refractivity contribution in [1.82, 2.24) is 19.5 Å². The average Bonchev–Trinajstić information content (AvgIpc) is 3.83. The Morgan fingerprint density at radius 2 is 0.948 bits per heavy atom. The van der Waals surface area contributed by atoms with Gasteiger partial charge in [0.05, 0.1) is 16.7 Å². The molecule has 3 heterocycles. The summed E-state index contributed by atoms with van der Waals surface area (Å²) in [7, 11) is 0. The third kappa shape index (κ3) is 5.14. The Kier molecular flexibility index (Phi) is 7.16. The molecule has 0 fully saturated rings. The van der Waals surface area contributed by atoms with Crippen molar-refractivity contribution >= 4 is 65.3 Å². The number of hydrogen-bond donors (Lipinski definition) is 0. The predicted octanol–water partition coefficient (Wildman–Crippen LogP) is 13.8. The summed E-state index contributed by atoms with van der Waals surface area (Å²) >= 11 is 0. The van der Waals surface area contributed by atoms with E-state index in [1.54, 1.807) is 0 Å². The van der Waals surface area contributed by atoms with Crippen LogP contribution in [0.2, 0.25) is 0 Å². The van der Waals surface area contributed by atoms with Crippen LogP contribution >= 0.6 is 0 Å². The molecule has 0 aliphatic rings. The molecule has 0 aliphatic carbocycles. The van der Waals surface area contributed by atoms with E-state index in [1.807, 2.05) is 54.6 Å². The molecule has 0 aliphatic heterocycles. The van der Waals surface area contributed by atoms with Crippen molar-refractivity contribution in [1.29, 1.82) is 0 Å². The van der Waals surface area contributed by atoms with Gasteiger partial charge in [-0.3, -0.25) is 0 Å². The highest BCUT2D eigenvalue weighted by molar-refractivity contribution is 6.15. The Morgan fingerprint density at radius 3 is 1.78 bits per heavy atom. The molecule has 3 aromatic heterocycles. The molecule has 9 aromatic carbocycles. The Bertz CT molecular complexity index is 3570. The second kappa shape index (κ2) is 12.8. The zero-order valence-electron chi connectivity index (χ0n) is 31.2. The van der Waals surface area contributed by atoms with Crippen molar-refractivity contribution in [3.8, 4) is 51.0 Å². The van der Waals surface area contributed by atoms with Gasteiger partial charge in [-0.15, -0.1) is 0 Å². The topological polar surface area (TPSA) is 56.7 Å². The van der Waals surface area contributed by atoms with E-state index in [2.05, 4.69) is 144 Å². The molecule has 0 N–H and O–H groups in total. The fourth-order valence-electron chi connectivity index (χ4n) is 8.65. The molecule has 0 atom stereocenters. The fourth-order valence-corrected chi connectivity index (χ4v) is 8.65. The molecule has 0 saturated heterocycles. The van der Waals surface area contributed by atoms with Crippen molar-refractivity contribution in [3.63, 3.8) is 0 Å². The summed E-state index contributed by atoms with van der Waals surface area (Å²) in [6.45, 7) is 0. The lowest BCUT2D eigenvalue weighted by molar-refractivity contribution is 0.669. The van der Waals surface area contributed by atoms with Crippen LogP contribution in [0.15, 0.2) is 199 Å². The van der Waals surface area contributed by atoms with Gasteiger partial charge in [-0.05, 0) is 81.9 Å². The highest BCUT2D eigenvalue weighted by Crippen LogP contribution is 2.41. The van der Waals surface area contributed by atoms with Crippen LogP contribution in [0.5, 0.6) is 0 Å². The van der Waals surface area contributed by atoms with Crippen LogP contribution in [0.25, 0.3) is 116 Å². The minimum Gasteiger partial charge on any atom is -0.456 e. The van der Waals surface area contributed by atoms with Gasteiger partial charge in [0.25, 0.3) is 0 Å². The van der Waals surface area contributed by atoms with Gasteiger partial charge < -0.3 is 8.98 Å². The molecule has 0 unspecified atom stereocenters. The molecular formula is C53H32N4O. The zero-order valence-corrected chi connectivity index (χ0v) is 31.2. The van der Waals surface area contributed by atoms with E-state index in [4.69, 9.17) is 19.4 Å². The Labute approximate surface area is 333 Å². The van der Waals surface area contributed by atoms with E-state index < -0.39 is 0 Å². The summed E-state index contributed by atoms with van der Waals surface area (Å²) in [5.74, 6) is 1.79. The first kappa shape index (κ1) is 32.4. The second-order valence-corrected chi connectivity index (χ2v) is 14.8. The molecule has 12 aromatic rings. The lowest BCUT2D eigenvalue weighted by Gasteiger charge is -2.16. The molecule has 0 spiro atoms. The smallest absolute Gasteiger partial charge is 0.164 e. The summed E-state index contributed by atoms with van der Waals surface area (Å²) in [6.07, 6.45) is 0. The first-order valence-electron chi connectivity index (χ1n) is 19.5. The molecule has 5 heteroatoms. The normalized spacial score (nSPS) is 11.8. The molecule has 0 saturated carbocycles. The first-order chi connectivity index (χ1) is 28.7. The van der Waals surface area contributed by atoms with Gasteiger partial charge in [0.2, 0.25) is 0 Å². The maximum absolute atomic E-state index is 6.32. The second-order valence-electron chi connectivity index (χ2n) is 14.8. The summed E-state index contributed by atoms with van der Waals surface area (Å²) in [5, 5.41) is 9.17. The maximum Gasteiger partial charge on any atom is 0.164 e. The molecule has 58 heavy (non-hydrogen) atoms. The number of aromatic nitrogens is 4.